The average molecular weight is 219 g/mol. The highest BCUT2D eigenvalue weighted by molar-refractivity contribution is 5.56. The molecule has 2 heteroatoms. The number of benzene rings is 1. The van der Waals surface area contributed by atoms with Gasteiger partial charge in [-0.1, -0.05) is 25.1 Å². The zero-order valence-electron chi connectivity index (χ0n) is 10.4. The molecule has 1 aliphatic heterocycles. The van der Waals surface area contributed by atoms with Crippen molar-refractivity contribution in [1.29, 1.82) is 0 Å². The molecule has 16 heavy (non-hydrogen) atoms. The van der Waals surface area contributed by atoms with Crippen LogP contribution in [-0.2, 0) is 6.42 Å². The molecule has 0 aromatic heterocycles. The molecule has 0 amide bonds. The van der Waals surface area contributed by atoms with Crippen molar-refractivity contribution in [2.45, 2.75) is 39.3 Å². The topological polar surface area (TPSA) is 23.5 Å². The van der Waals surface area contributed by atoms with Gasteiger partial charge in [0.15, 0.2) is 0 Å². The van der Waals surface area contributed by atoms with Crippen molar-refractivity contribution in [3.8, 4) is 0 Å². The lowest BCUT2D eigenvalue weighted by atomic mass is 9.92. The van der Waals surface area contributed by atoms with Crippen LogP contribution in [0.15, 0.2) is 24.3 Å². The number of aliphatic hydroxyl groups is 1. The Morgan fingerprint density at radius 3 is 2.69 bits per heavy atom. The Labute approximate surface area is 97.9 Å². The van der Waals surface area contributed by atoms with Crippen LogP contribution in [0.25, 0.3) is 0 Å². The van der Waals surface area contributed by atoms with Gasteiger partial charge < -0.3 is 10.0 Å². The SMILES string of the molecule is CC1Cc2ccccc2N(C(C)C(C)O)C1. The predicted molar refractivity (Wildman–Crippen MR) is 67.8 cm³/mol. The summed E-state index contributed by atoms with van der Waals surface area (Å²) in [5.74, 6) is 0.663. The minimum atomic E-state index is -0.293. The van der Waals surface area contributed by atoms with E-state index in [4.69, 9.17) is 0 Å². The van der Waals surface area contributed by atoms with E-state index < -0.39 is 0 Å². The number of fused-ring (bicyclic) bond motifs is 1. The second-order valence-corrected chi connectivity index (χ2v) is 5.07. The zero-order valence-corrected chi connectivity index (χ0v) is 10.4. The van der Waals surface area contributed by atoms with Crippen LogP contribution in [0.3, 0.4) is 0 Å². The molecule has 1 aromatic rings. The molecule has 3 unspecified atom stereocenters. The maximum atomic E-state index is 9.74. The van der Waals surface area contributed by atoms with Crippen molar-refractivity contribution < 1.29 is 5.11 Å². The molecule has 0 fully saturated rings. The summed E-state index contributed by atoms with van der Waals surface area (Å²) in [6.45, 7) is 7.28. The predicted octanol–water partition coefficient (Wildman–Crippen LogP) is 2.45. The van der Waals surface area contributed by atoms with Crippen LogP contribution in [0, 0.1) is 5.92 Å². The quantitative estimate of drug-likeness (QED) is 0.826. The Hall–Kier alpha value is -1.02. The van der Waals surface area contributed by atoms with E-state index in [0.717, 1.165) is 13.0 Å². The van der Waals surface area contributed by atoms with Gasteiger partial charge in [-0.25, -0.2) is 0 Å². The number of rotatable bonds is 2. The highest BCUT2D eigenvalue weighted by Gasteiger charge is 2.26. The van der Waals surface area contributed by atoms with Crippen LogP contribution >= 0.6 is 0 Å². The summed E-state index contributed by atoms with van der Waals surface area (Å²) in [5, 5.41) is 9.74. The smallest absolute Gasteiger partial charge is 0.0712 e. The summed E-state index contributed by atoms with van der Waals surface area (Å²) < 4.78 is 0. The molecule has 0 spiro atoms. The molecule has 1 aliphatic rings. The number of nitrogens with zero attached hydrogens (tertiary/aromatic N) is 1. The highest BCUT2D eigenvalue weighted by Crippen LogP contribution is 2.31. The molecular weight excluding hydrogens is 198 g/mol. The molecule has 1 aromatic carbocycles. The van der Waals surface area contributed by atoms with Crippen LogP contribution in [0.4, 0.5) is 5.69 Å². The van der Waals surface area contributed by atoms with Gasteiger partial charge in [-0.05, 0) is 37.8 Å². The van der Waals surface area contributed by atoms with Crippen LogP contribution in [0.2, 0.25) is 0 Å². The van der Waals surface area contributed by atoms with Crippen molar-refractivity contribution in [1.82, 2.24) is 0 Å². The minimum Gasteiger partial charge on any atom is -0.391 e. The zero-order chi connectivity index (χ0) is 11.7. The number of hydrogen-bond acceptors (Lipinski definition) is 2. The summed E-state index contributed by atoms with van der Waals surface area (Å²) in [6.07, 6.45) is 0.859. The number of hydrogen-bond donors (Lipinski definition) is 1. The second kappa shape index (κ2) is 4.46. The maximum absolute atomic E-state index is 9.74. The van der Waals surface area contributed by atoms with Gasteiger partial charge in [0.2, 0.25) is 0 Å². The first-order valence-corrected chi connectivity index (χ1v) is 6.12. The average Bonchev–Trinajstić information content (AvgIpc) is 2.26. The van der Waals surface area contributed by atoms with Gasteiger partial charge >= 0.3 is 0 Å². The maximum Gasteiger partial charge on any atom is 0.0712 e. The lowest BCUT2D eigenvalue weighted by molar-refractivity contribution is 0.163. The van der Waals surface area contributed by atoms with E-state index in [1.54, 1.807) is 0 Å². The van der Waals surface area contributed by atoms with Gasteiger partial charge in [0.05, 0.1) is 12.1 Å². The summed E-state index contributed by atoms with van der Waals surface area (Å²) in [5.41, 5.74) is 2.71. The molecule has 1 heterocycles. The van der Waals surface area contributed by atoms with E-state index in [-0.39, 0.29) is 12.1 Å². The normalized spacial score (nSPS) is 23.8. The molecular formula is C14H21NO. The Morgan fingerprint density at radius 2 is 2.00 bits per heavy atom. The van der Waals surface area contributed by atoms with E-state index in [1.807, 2.05) is 6.92 Å². The second-order valence-electron chi connectivity index (χ2n) is 5.07. The number of anilines is 1. The Balaban J connectivity index is 2.33. The number of para-hydroxylation sites is 1. The summed E-state index contributed by atoms with van der Waals surface area (Å²) in [4.78, 5) is 2.34. The van der Waals surface area contributed by atoms with Gasteiger partial charge in [0.25, 0.3) is 0 Å². The van der Waals surface area contributed by atoms with Gasteiger partial charge in [0, 0.05) is 12.2 Å². The molecule has 0 radical (unpaired) electrons. The van der Waals surface area contributed by atoms with Gasteiger partial charge in [-0.2, -0.15) is 0 Å². The fourth-order valence-corrected chi connectivity index (χ4v) is 2.48. The minimum absolute atomic E-state index is 0.184. The van der Waals surface area contributed by atoms with Crippen LogP contribution in [0.1, 0.15) is 26.3 Å². The third kappa shape index (κ3) is 2.07. The van der Waals surface area contributed by atoms with E-state index in [9.17, 15) is 5.11 Å². The molecule has 0 saturated heterocycles. The van der Waals surface area contributed by atoms with Crippen LogP contribution in [0.5, 0.6) is 0 Å². The lowest BCUT2D eigenvalue weighted by Gasteiger charge is -2.40. The van der Waals surface area contributed by atoms with E-state index in [0.29, 0.717) is 5.92 Å². The summed E-state index contributed by atoms with van der Waals surface area (Å²) >= 11 is 0. The fraction of sp³-hybridized carbons (Fsp3) is 0.571. The largest absolute Gasteiger partial charge is 0.391 e. The molecule has 0 aliphatic carbocycles. The van der Waals surface area contributed by atoms with Gasteiger partial charge in [0.1, 0.15) is 0 Å². The monoisotopic (exact) mass is 219 g/mol. The van der Waals surface area contributed by atoms with Gasteiger partial charge in [-0.15, -0.1) is 0 Å². The van der Waals surface area contributed by atoms with Crippen LogP contribution in [-0.4, -0.2) is 23.8 Å². The molecule has 2 rings (SSSR count). The highest BCUT2D eigenvalue weighted by atomic mass is 16.3. The van der Waals surface area contributed by atoms with Crippen molar-refractivity contribution >= 4 is 5.69 Å². The Kier molecular flexibility index (Phi) is 3.20. The fourth-order valence-electron chi connectivity index (χ4n) is 2.48. The lowest BCUT2D eigenvalue weighted by Crippen LogP contribution is -2.45. The first kappa shape index (κ1) is 11.5. The standard InChI is InChI=1S/C14H21NO/c1-10-8-13-6-4-5-7-14(13)15(9-10)11(2)12(3)16/h4-7,10-12,16H,8-9H2,1-3H3. The van der Waals surface area contributed by atoms with E-state index in [1.165, 1.54) is 11.3 Å². The van der Waals surface area contributed by atoms with Crippen molar-refractivity contribution in [3.05, 3.63) is 29.8 Å². The van der Waals surface area contributed by atoms with Crippen molar-refractivity contribution in [2.75, 3.05) is 11.4 Å². The number of aliphatic hydroxyl groups excluding tert-OH is 1. The first-order valence-electron chi connectivity index (χ1n) is 6.12. The Bertz CT molecular complexity index is 362. The van der Waals surface area contributed by atoms with E-state index in [2.05, 4.69) is 43.0 Å². The molecule has 0 saturated carbocycles. The van der Waals surface area contributed by atoms with Crippen molar-refractivity contribution in [2.24, 2.45) is 5.92 Å². The molecule has 3 atom stereocenters. The van der Waals surface area contributed by atoms with Crippen LogP contribution < -0.4 is 4.90 Å². The summed E-state index contributed by atoms with van der Waals surface area (Å²) in [7, 11) is 0. The molecule has 2 nitrogen and oxygen atoms in total. The van der Waals surface area contributed by atoms with Gasteiger partial charge in [-0.3, -0.25) is 0 Å². The summed E-state index contributed by atoms with van der Waals surface area (Å²) in [6, 6.07) is 8.73. The molecule has 1 N–H and O–H groups in total. The third-order valence-electron chi connectivity index (χ3n) is 3.57. The Morgan fingerprint density at radius 1 is 1.31 bits per heavy atom. The molecule has 0 bridgehead atoms. The first-order chi connectivity index (χ1) is 7.59. The van der Waals surface area contributed by atoms with Crippen molar-refractivity contribution in [3.63, 3.8) is 0 Å². The van der Waals surface area contributed by atoms with E-state index >= 15 is 0 Å². The molecule has 88 valence electrons. The third-order valence-corrected chi connectivity index (χ3v) is 3.57.